The van der Waals surface area contributed by atoms with Gasteiger partial charge in [0.1, 0.15) is 5.37 Å². The Morgan fingerprint density at radius 2 is 2.31 bits per heavy atom. The SMILES string of the molecule is CS(=O)(=O)C1CSCCN1CCCC(=N)N. The molecule has 0 aromatic heterocycles. The highest BCUT2D eigenvalue weighted by Gasteiger charge is 2.30. The van der Waals surface area contributed by atoms with Crippen LogP contribution in [-0.4, -0.2) is 55.4 Å². The molecule has 1 atom stereocenters. The molecule has 1 heterocycles. The molecule has 3 N–H and O–H groups in total. The highest BCUT2D eigenvalue weighted by atomic mass is 32.2. The van der Waals surface area contributed by atoms with E-state index < -0.39 is 9.84 Å². The first-order valence-corrected chi connectivity index (χ1v) is 8.36. The molecule has 1 aliphatic rings. The highest BCUT2D eigenvalue weighted by molar-refractivity contribution is 8.00. The van der Waals surface area contributed by atoms with Crippen molar-refractivity contribution in [2.45, 2.75) is 18.2 Å². The molecule has 0 saturated carbocycles. The molecule has 0 aliphatic carbocycles. The summed E-state index contributed by atoms with van der Waals surface area (Å²) in [6, 6.07) is 0. The van der Waals surface area contributed by atoms with Crippen molar-refractivity contribution in [1.82, 2.24) is 4.90 Å². The summed E-state index contributed by atoms with van der Waals surface area (Å²) < 4.78 is 23.1. The average Bonchev–Trinajstić information content (AvgIpc) is 2.16. The number of amidine groups is 1. The fourth-order valence-electron chi connectivity index (χ4n) is 1.74. The molecule has 0 radical (unpaired) electrons. The van der Waals surface area contributed by atoms with E-state index in [-0.39, 0.29) is 11.2 Å². The van der Waals surface area contributed by atoms with Gasteiger partial charge in [-0.05, 0) is 13.0 Å². The molecule has 0 aromatic rings. The highest BCUT2D eigenvalue weighted by Crippen LogP contribution is 2.20. The molecule has 0 aromatic carbocycles. The van der Waals surface area contributed by atoms with Gasteiger partial charge in [0, 0.05) is 30.7 Å². The number of nitrogens with zero attached hydrogens (tertiary/aromatic N) is 1. The Morgan fingerprint density at radius 1 is 1.62 bits per heavy atom. The van der Waals surface area contributed by atoms with Crippen LogP contribution in [0.2, 0.25) is 0 Å². The second-order valence-electron chi connectivity index (χ2n) is 4.02. The summed E-state index contributed by atoms with van der Waals surface area (Å²) in [5.41, 5.74) is 5.27. The van der Waals surface area contributed by atoms with Gasteiger partial charge in [-0.2, -0.15) is 11.8 Å². The quantitative estimate of drug-likeness (QED) is 0.545. The number of thioether (sulfide) groups is 1. The van der Waals surface area contributed by atoms with Crippen molar-refractivity contribution in [3.63, 3.8) is 0 Å². The second-order valence-corrected chi connectivity index (χ2v) is 7.38. The summed E-state index contributed by atoms with van der Waals surface area (Å²) in [6.07, 6.45) is 2.59. The van der Waals surface area contributed by atoms with Crippen LogP contribution < -0.4 is 5.73 Å². The van der Waals surface area contributed by atoms with Gasteiger partial charge in [-0.15, -0.1) is 0 Å². The largest absolute Gasteiger partial charge is 0.388 e. The number of hydrogen-bond acceptors (Lipinski definition) is 5. The van der Waals surface area contributed by atoms with Gasteiger partial charge in [0.25, 0.3) is 0 Å². The molecule has 94 valence electrons. The van der Waals surface area contributed by atoms with E-state index in [9.17, 15) is 8.42 Å². The van der Waals surface area contributed by atoms with E-state index >= 15 is 0 Å². The summed E-state index contributed by atoms with van der Waals surface area (Å²) in [5.74, 6) is 1.80. The van der Waals surface area contributed by atoms with Gasteiger partial charge in [-0.3, -0.25) is 10.3 Å². The lowest BCUT2D eigenvalue weighted by molar-refractivity contribution is 0.269. The number of hydrogen-bond donors (Lipinski definition) is 2. The number of sulfone groups is 1. The third kappa shape index (κ3) is 4.31. The first-order valence-electron chi connectivity index (χ1n) is 5.25. The predicted molar refractivity (Wildman–Crippen MR) is 68.7 cm³/mol. The normalized spacial score (nSPS) is 23.2. The van der Waals surface area contributed by atoms with Gasteiger partial charge >= 0.3 is 0 Å². The molecule has 1 rings (SSSR count). The fraction of sp³-hybridized carbons (Fsp3) is 0.889. The number of rotatable bonds is 5. The maximum Gasteiger partial charge on any atom is 0.164 e. The third-order valence-electron chi connectivity index (χ3n) is 2.58. The zero-order valence-corrected chi connectivity index (χ0v) is 11.1. The molecular formula is C9H19N3O2S2. The maximum atomic E-state index is 11.6. The lowest BCUT2D eigenvalue weighted by atomic mass is 10.2. The minimum Gasteiger partial charge on any atom is -0.388 e. The molecule has 7 heteroatoms. The molecular weight excluding hydrogens is 246 g/mol. The molecule has 1 fully saturated rings. The van der Waals surface area contributed by atoms with Crippen molar-refractivity contribution in [1.29, 1.82) is 5.41 Å². The van der Waals surface area contributed by atoms with E-state index in [1.165, 1.54) is 6.26 Å². The van der Waals surface area contributed by atoms with Crippen LogP contribution in [-0.2, 0) is 9.84 Å². The van der Waals surface area contributed by atoms with Crippen molar-refractivity contribution in [2.24, 2.45) is 5.73 Å². The molecule has 16 heavy (non-hydrogen) atoms. The Bertz CT molecular complexity index is 343. The summed E-state index contributed by atoms with van der Waals surface area (Å²) >= 11 is 1.69. The lowest BCUT2D eigenvalue weighted by Crippen LogP contribution is -2.47. The Hall–Kier alpha value is -0.270. The van der Waals surface area contributed by atoms with Gasteiger partial charge in [0.2, 0.25) is 0 Å². The van der Waals surface area contributed by atoms with E-state index in [0.29, 0.717) is 18.7 Å². The Morgan fingerprint density at radius 3 is 2.88 bits per heavy atom. The van der Waals surface area contributed by atoms with Gasteiger partial charge in [0.15, 0.2) is 9.84 Å². The molecule has 1 aliphatic heterocycles. The van der Waals surface area contributed by atoms with Gasteiger partial charge < -0.3 is 5.73 Å². The van der Waals surface area contributed by atoms with Crippen LogP contribution >= 0.6 is 11.8 Å². The van der Waals surface area contributed by atoms with Crippen molar-refractivity contribution >= 4 is 27.4 Å². The molecule has 0 amide bonds. The topological polar surface area (TPSA) is 87.2 Å². The van der Waals surface area contributed by atoms with E-state index in [0.717, 1.165) is 18.7 Å². The van der Waals surface area contributed by atoms with E-state index in [2.05, 4.69) is 0 Å². The standard InChI is InChI=1S/C9H19N3O2S2/c1-16(13,14)9-7-15-6-5-12(9)4-2-3-8(10)11/h9H,2-7H2,1H3,(H3,10,11). The van der Waals surface area contributed by atoms with Gasteiger partial charge in [-0.25, -0.2) is 8.42 Å². The maximum absolute atomic E-state index is 11.6. The van der Waals surface area contributed by atoms with Gasteiger partial charge in [0.05, 0.1) is 5.84 Å². The monoisotopic (exact) mass is 265 g/mol. The van der Waals surface area contributed by atoms with Crippen LogP contribution in [0.1, 0.15) is 12.8 Å². The summed E-state index contributed by atoms with van der Waals surface area (Å²) in [5, 5.41) is 6.76. The van der Waals surface area contributed by atoms with Crippen LogP contribution in [0.25, 0.3) is 0 Å². The summed E-state index contributed by atoms with van der Waals surface area (Å²) in [7, 11) is -3.01. The van der Waals surface area contributed by atoms with Crippen molar-refractivity contribution in [3.8, 4) is 0 Å². The Labute approximate surface area is 101 Å². The molecule has 1 saturated heterocycles. The van der Waals surface area contributed by atoms with E-state index in [1.807, 2.05) is 4.90 Å². The van der Waals surface area contributed by atoms with E-state index in [4.69, 9.17) is 11.1 Å². The van der Waals surface area contributed by atoms with Crippen LogP contribution in [0, 0.1) is 5.41 Å². The molecule has 1 unspecified atom stereocenters. The van der Waals surface area contributed by atoms with Crippen LogP contribution in [0.5, 0.6) is 0 Å². The zero-order valence-electron chi connectivity index (χ0n) is 9.48. The minimum absolute atomic E-state index is 0.169. The Kier molecular flexibility index (Phi) is 5.07. The fourth-order valence-corrected chi connectivity index (χ4v) is 4.71. The molecule has 5 nitrogen and oxygen atoms in total. The van der Waals surface area contributed by atoms with Gasteiger partial charge in [-0.1, -0.05) is 0 Å². The molecule has 0 spiro atoms. The number of nitrogens with two attached hydrogens (primary N) is 1. The Balaban J connectivity index is 2.51. The minimum atomic E-state index is -3.01. The van der Waals surface area contributed by atoms with Crippen LogP contribution in [0.15, 0.2) is 0 Å². The average molecular weight is 265 g/mol. The second kappa shape index (κ2) is 5.88. The van der Waals surface area contributed by atoms with Crippen LogP contribution in [0.3, 0.4) is 0 Å². The van der Waals surface area contributed by atoms with Crippen molar-refractivity contribution in [3.05, 3.63) is 0 Å². The summed E-state index contributed by atoms with van der Waals surface area (Å²) in [4.78, 5) is 1.99. The van der Waals surface area contributed by atoms with Crippen LogP contribution in [0.4, 0.5) is 0 Å². The van der Waals surface area contributed by atoms with Crippen molar-refractivity contribution < 1.29 is 8.42 Å². The zero-order chi connectivity index (χ0) is 12.2. The van der Waals surface area contributed by atoms with Crippen molar-refractivity contribution in [2.75, 3.05) is 30.9 Å². The smallest absolute Gasteiger partial charge is 0.164 e. The van der Waals surface area contributed by atoms with E-state index in [1.54, 1.807) is 11.8 Å². The lowest BCUT2D eigenvalue weighted by Gasteiger charge is -2.33. The molecule has 0 bridgehead atoms. The first kappa shape index (κ1) is 13.8. The first-order chi connectivity index (χ1) is 7.41. The predicted octanol–water partition coefficient (Wildman–Crippen LogP) is 0.122. The summed E-state index contributed by atoms with van der Waals surface area (Å²) in [6.45, 7) is 1.51. The third-order valence-corrected chi connectivity index (χ3v) is 5.26. The number of nitrogens with one attached hydrogen (secondary N) is 1.